The fourth-order valence-corrected chi connectivity index (χ4v) is 3.17. The number of carboxylic acids is 1. The van der Waals surface area contributed by atoms with E-state index in [4.69, 9.17) is 9.84 Å². The molecule has 1 heterocycles. The highest BCUT2D eigenvalue weighted by molar-refractivity contribution is 5.81. The highest BCUT2D eigenvalue weighted by Gasteiger charge is 2.60. The molecule has 5 nitrogen and oxygen atoms in total. The smallest absolute Gasteiger partial charge is 0.307 e. The van der Waals surface area contributed by atoms with Crippen LogP contribution < -0.4 is 4.74 Å². The van der Waals surface area contributed by atoms with Crippen LogP contribution in [0.15, 0.2) is 24.3 Å². The van der Waals surface area contributed by atoms with Crippen molar-refractivity contribution in [3.63, 3.8) is 0 Å². The van der Waals surface area contributed by atoms with E-state index >= 15 is 0 Å². The summed E-state index contributed by atoms with van der Waals surface area (Å²) in [4.78, 5) is 24.9. The third-order valence-electron chi connectivity index (χ3n) is 4.32. The summed E-state index contributed by atoms with van der Waals surface area (Å²) in [5, 5.41) is 8.96. The van der Waals surface area contributed by atoms with Gasteiger partial charge in [0, 0.05) is 13.1 Å². The Labute approximate surface area is 117 Å². The van der Waals surface area contributed by atoms with Crippen molar-refractivity contribution in [1.29, 1.82) is 0 Å². The van der Waals surface area contributed by atoms with Crippen LogP contribution in [0, 0.1) is 17.8 Å². The maximum absolute atomic E-state index is 12.2. The topological polar surface area (TPSA) is 66.8 Å². The quantitative estimate of drug-likeness (QED) is 0.891. The summed E-state index contributed by atoms with van der Waals surface area (Å²) in [6.45, 7) is 1.18. The zero-order valence-corrected chi connectivity index (χ0v) is 11.3. The molecule has 0 aromatic heterocycles. The van der Waals surface area contributed by atoms with Gasteiger partial charge in [0.05, 0.1) is 19.4 Å². The predicted molar refractivity (Wildman–Crippen MR) is 71.4 cm³/mol. The number of hydrogen-bond acceptors (Lipinski definition) is 3. The Balaban J connectivity index is 1.57. The Morgan fingerprint density at radius 2 is 2.05 bits per heavy atom. The number of likely N-dealkylation sites (tertiary alicyclic amines) is 1. The molecule has 3 atom stereocenters. The van der Waals surface area contributed by atoms with Gasteiger partial charge in [0.15, 0.2) is 0 Å². The number of benzene rings is 1. The van der Waals surface area contributed by atoms with Gasteiger partial charge in [0.2, 0.25) is 5.91 Å². The summed E-state index contributed by atoms with van der Waals surface area (Å²) < 4.78 is 5.14. The number of carbonyl (C=O) groups excluding carboxylic acids is 1. The van der Waals surface area contributed by atoms with E-state index in [9.17, 15) is 9.59 Å². The zero-order valence-electron chi connectivity index (χ0n) is 11.3. The summed E-state index contributed by atoms with van der Waals surface area (Å²) >= 11 is 0. The van der Waals surface area contributed by atoms with Crippen LogP contribution in [0.5, 0.6) is 5.75 Å². The minimum Gasteiger partial charge on any atom is -0.497 e. The first-order valence-corrected chi connectivity index (χ1v) is 6.73. The molecule has 1 amide bonds. The minimum absolute atomic E-state index is 0.0644. The monoisotopic (exact) mass is 275 g/mol. The van der Waals surface area contributed by atoms with Gasteiger partial charge in [0.25, 0.3) is 0 Å². The first-order valence-electron chi connectivity index (χ1n) is 6.73. The van der Waals surface area contributed by atoms with Gasteiger partial charge in [-0.25, -0.2) is 0 Å². The molecule has 20 heavy (non-hydrogen) atoms. The van der Waals surface area contributed by atoms with E-state index in [-0.39, 0.29) is 23.7 Å². The number of aliphatic carboxylic acids is 1. The van der Waals surface area contributed by atoms with E-state index in [0.717, 1.165) is 11.3 Å². The molecule has 1 aliphatic heterocycles. The van der Waals surface area contributed by atoms with Crippen LogP contribution in [0.4, 0.5) is 0 Å². The predicted octanol–water partition coefficient (Wildman–Crippen LogP) is 1.03. The summed E-state index contributed by atoms with van der Waals surface area (Å²) in [5.74, 6) is 0.194. The van der Waals surface area contributed by atoms with Crippen LogP contribution >= 0.6 is 0 Å². The van der Waals surface area contributed by atoms with Crippen molar-refractivity contribution in [1.82, 2.24) is 4.90 Å². The molecule has 1 aromatic carbocycles. The fourth-order valence-electron chi connectivity index (χ4n) is 3.17. The zero-order chi connectivity index (χ0) is 14.3. The van der Waals surface area contributed by atoms with Crippen LogP contribution in [0.3, 0.4) is 0 Å². The molecule has 5 heteroatoms. The van der Waals surface area contributed by atoms with E-state index in [1.54, 1.807) is 12.0 Å². The average molecular weight is 275 g/mol. The number of methoxy groups -OCH3 is 1. The second-order valence-corrected chi connectivity index (χ2v) is 5.52. The lowest BCUT2D eigenvalue weighted by atomic mass is 10.1. The Morgan fingerprint density at radius 3 is 2.65 bits per heavy atom. The molecule has 1 aromatic rings. The maximum Gasteiger partial charge on any atom is 0.307 e. The van der Waals surface area contributed by atoms with Crippen LogP contribution in [0.2, 0.25) is 0 Å². The highest BCUT2D eigenvalue weighted by atomic mass is 16.5. The molecular formula is C15H17NO4. The lowest BCUT2D eigenvalue weighted by Gasteiger charge is -2.19. The molecule has 0 spiro atoms. The van der Waals surface area contributed by atoms with Crippen molar-refractivity contribution in [2.45, 2.75) is 6.42 Å². The minimum atomic E-state index is -0.722. The van der Waals surface area contributed by atoms with Crippen molar-refractivity contribution in [2.24, 2.45) is 17.8 Å². The molecule has 2 aliphatic rings. The number of rotatable bonds is 4. The SMILES string of the molecule is COc1cccc(CC(=O)N2C[C@@H]3C(C(=O)O)[C@@H]3C2)c1. The van der Waals surface area contributed by atoms with E-state index < -0.39 is 5.97 Å². The molecule has 1 saturated carbocycles. The Kier molecular flexibility index (Phi) is 3.12. The lowest BCUT2D eigenvalue weighted by molar-refractivity contribution is -0.140. The van der Waals surface area contributed by atoms with Gasteiger partial charge in [-0.2, -0.15) is 0 Å². The standard InChI is InChI=1S/C15H17NO4/c1-20-10-4-2-3-9(5-10)6-13(17)16-7-11-12(8-16)14(11)15(18)19/h2-5,11-12,14H,6-8H2,1H3,(H,18,19)/t11-,12+,14?. The van der Waals surface area contributed by atoms with Crippen LogP contribution in [0.1, 0.15) is 5.56 Å². The number of carbonyl (C=O) groups is 2. The van der Waals surface area contributed by atoms with E-state index in [0.29, 0.717) is 19.5 Å². The van der Waals surface area contributed by atoms with Crippen molar-refractivity contribution in [3.8, 4) is 5.75 Å². The van der Waals surface area contributed by atoms with Crippen LogP contribution in [0.25, 0.3) is 0 Å². The van der Waals surface area contributed by atoms with Crippen LogP contribution in [-0.2, 0) is 16.0 Å². The molecule has 1 unspecified atom stereocenters. The molecule has 0 radical (unpaired) electrons. The van der Waals surface area contributed by atoms with Crippen LogP contribution in [-0.4, -0.2) is 42.1 Å². The van der Waals surface area contributed by atoms with Crippen molar-refractivity contribution >= 4 is 11.9 Å². The Bertz CT molecular complexity index is 545. The normalized spacial score (nSPS) is 27.1. The number of amides is 1. The summed E-state index contributed by atoms with van der Waals surface area (Å²) in [6, 6.07) is 7.46. The molecular weight excluding hydrogens is 258 g/mol. The Morgan fingerprint density at radius 1 is 1.35 bits per heavy atom. The molecule has 1 saturated heterocycles. The third-order valence-corrected chi connectivity index (χ3v) is 4.32. The van der Waals surface area contributed by atoms with Gasteiger partial charge in [-0.1, -0.05) is 12.1 Å². The van der Waals surface area contributed by atoms with Crippen molar-refractivity contribution < 1.29 is 19.4 Å². The largest absolute Gasteiger partial charge is 0.497 e. The maximum atomic E-state index is 12.2. The highest BCUT2D eigenvalue weighted by Crippen LogP contribution is 2.51. The second kappa shape index (κ2) is 4.81. The first kappa shape index (κ1) is 13.0. The van der Waals surface area contributed by atoms with Gasteiger partial charge >= 0.3 is 5.97 Å². The van der Waals surface area contributed by atoms with Gasteiger partial charge in [-0.05, 0) is 29.5 Å². The lowest BCUT2D eigenvalue weighted by Crippen LogP contribution is -2.33. The number of fused-ring (bicyclic) bond motifs is 1. The molecule has 0 bridgehead atoms. The van der Waals surface area contributed by atoms with Crippen molar-refractivity contribution in [3.05, 3.63) is 29.8 Å². The molecule has 106 valence electrons. The third kappa shape index (κ3) is 2.24. The number of hydrogen-bond donors (Lipinski definition) is 1. The summed E-state index contributed by atoms with van der Waals surface area (Å²) in [7, 11) is 1.60. The molecule has 1 aliphatic carbocycles. The van der Waals surface area contributed by atoms with Gasteiger partial charge in [0.1, 0.15) is 5.75 Å². The number of ether oxygens (including phenoxy) is 1. The summed E-state index contributed by atoms with van der Waals surface area (Å²) in [5.41, 5.74) is 0.921. The van der Waals surface area contributed by atoms with E-state index in [1.807, 2.05) is 24.3 Å². The van der Waals surface area contributed by atoms with E-state index in [2.05, 4.69) is 0 Å². The Hall–Kier alpha value is -2.04. The molecule has 3 rings (SSSR count). The van der Waals surface area contributed by atoms with E-state index in [1.165, 1.54) is 0 Å². The molecule has 2 fully saturated rings. The summed E-state index contributed by atoms with van der Waals surface area (Å²) in [6.07, 6.45) is 0.342. The molecule has 1 N–H and O–H groups in total. The van der Waals surface area contributed by atoms with Gasteiger partial charge < -0.3 is 14.7 Å². The second-order valence-electron chi connectivity index (χ2n) is 5.52. The first-order chi connectivity index (χ1) is 9.60. The average Bonchev–Trinajstić information content (AvgIpc) is 2.95. The van der Waals surface area contributed by atoms with Gasteiger partial charge in [-0.15, -0.1) is 0 Å². The van der Waals surface area contributed by atoms with Gasteiger partial charge in [-0.3, -0.25) is 9.59 Å². The number of nitrogens with zero attached hydrogens (tertiary/aromatic N) is 1. The van der Waals surface area contributed by atoms with Crippen molar-refractivity contribution in [2.75, 3.05) is 20.2 Å². The number of piperidine rings is 1. The fraction of sp³-hybridized carbons (Fsp3) is 0.467. The number of carboxylic acid groups (broad SMARTS) is 1.